The Balaban J connectivity index is 1.35. The minimum atomic E-state index is -0.244. The molecular weight excluding hydrogens is 422 g/mol. The van der Waals surface area contributed by atoms with E-state index in [-0.39, 0.29) is 17.5 Å². The van der Waals surface area contributed by atoms with Gasteiger partial charge in [-0.2, -0.15) is 14.7 Å². The third-order valence-corrected chi connectivity index (χ3v) is 5.86. The van der Waals surface area contributed by atoms with Crippen LogP contribution in [0.1, 0.15) is 42.1 Å². The van der Waals surface area contributed by atoms with E-state index in [2.05, 4.69) is 31.1 Å². The molecule has 0 saturated heterocycles. The third-order valence-electron chi connectivity index (χ3n) is 5.86. The number of nitrogens with one attached hydrogen (secondary N) is 3. The van der Waals surface area contributed by atoms with Gasteiger partial charge in [-0.15, -0.1) is 0 Å². The Morgan fingerprint density at radius 3 is 2.76 bits per heavy atom. The predicted octanol–water partition coefficient (Wildman–Crippen LogP) is 2.09. The van der Waals surface area contributed by atoms with E-state index in [0.717, 1.165) is 25.7 Å². The molecule has 4 heterocycles. The lowest BCUT2D eigenvalue weighted by Crippen LogP contribution is -2.25. The van der Waals surface area contributed by atoms with Crippen molar-refractivity contribution < 1.29 is 4.79 Å². The predicted molar refractivity (Wildman–Crippen MR) is 122 cm³/mol. The average Bonchev–Trinajstić information content (AvgIpc) is 3.74. The average molecular weight is 445 g/mol. The third kappa shape index (κ3) is 3.60. The lowest BCUT2D eigenvalue weighted by molar-refractivity contribution is 0.0952. The fourth-order valence-electron chi connectivity index (χ4n) is 3.76. The lowest BCUT2D eigenvalue weighted by Gasteiger charge is -2.11. The van der Waals surface area contributed by atoms with Gasteiger partial charge in [0, 0.05) is 37.6 Å². The van der Waals surface area contributed by atoms with E-state index in [0.29, 0.717) is 40.4 Å². The second kappa shape index (κ2) is 7.47. The molecule has 3 N–H and O–H groups in total. The van der Waals surface area contributed by atoms with Gasteiger partial charge in [-0.3, -0.25) is 18.8 Å². The van der Waals surface area contributed by atoms with Crippen LogP contribution in [0.15, 0.2) is 47.7 Å². The maximum Gasteiger partial charge on any atom is 0.280 e. The molecule has 2 aliphatic rings. The van der Waals surface area contributed by atoms with E-state index >= 15 is 0 Å². The molecule has 0 aromatic carbocycles. The zero-order valence-corrected chi connectivity index (χ0v) is 18.0. The highest BCUT2D eigenvalue weighted by atomic mass is 16.2. The van der Waals surface area contributed by atoms with Crippen molar-refractivity contribution in [1.82, 2.24) is 34.3 Å². The van der Waals surface area contributed by atoms with Crippen LogP contribution < -0.4 is 21.5 Å². The monoisotopic (exact) mass is 445 g/mol. The van der Waals surface area contributed by atoms with Crippen molar-refractivity contribution >= 4 is 28.9 Å². The molecule has 6 rings (SSSR count). The van der Waals surface area contributed by atoms with Crippen molar-refractivity contribution in [3.63, 3.8) is 0 Å². The van der Waals surface area contributed by atoms with E-state index in [1.54, 1.807) is 36.0 Å². The molecule has 33 heavy (non-hydrogen) atoms. The van der Waals surface area contributed by atoms with Gasteiger partial charge in [0.15, 0.2) is 11.5 Å². The van der Waals surface area contributed by atoms with Crippen LogP contribution in [0.2, 0.25) is 0 Å². The van der Waals surface area contributed by atoms with Crippen molar-refractivity contribution in [2.24, 2.45) is 0 Å². The van der Waals surface area contributed by atoms with Gasteiger partial charge in [-0.05, 0) is 37.8 Å². The molecule has 2 aliphatic carbocycles. The van der Waals surface area contributed by atoms with Gasteiger partial charge in [-0.1, -0.05) is 0 Å². The summed E-state index contributed by atoms with van der Waals surface area (Å²) in [4.78, 5) is 30.4. The molecule has 2 saturated carbocycles. The van der Waals surface area contributed by atoms with E-state index in [1.165, 1.54) is 10.8 Å². The number of rotatable bonds is 7. The van der Waals surface area contributed by atoms with Crippen LogP contribution in [0.4, 0.5) is 17.3 Å². The number of pyridine rings is 1. The summed E-state index contributed by atoms with van der Waals surface area (Å²) in [6.45, 7) is 0. The highest BCUT2D eigenvalue weighted by Crippen LogP contribution is 2.34. The summed E-state index contributed by atoms with van der Waals surface area (Å²) in [7, 11) is 1.76. The smallest absolute Gasteiger partial charge is 0.280 e. The molecule has 11 nitrogen and oxygen atoms in total. The molecule has 11 heteroatoms. The van der Waals surface area contributed by atoms with E-state index in [4.69, 9.17) is 0 Å². The zero-order valence-electron chi connectivity index (χ0n) is 18.0. The van der Waals surface area contributed by atoms with Crippen molar-refractivity contribution in [2.75, 3.05) is 17.7 Å². The second-order valence-corrected chi connectivity index (χ2v) is 8.43. The summed E-state index contributed by atoms with van der Waals surface area (Å²) >= 11 is 0. The Morgan fingerprint density at radius 2 is 2.00 bits per heavy atom. The van der Waals surface area contributed by atoms with Crippen molar-refractivity contribution in [3.05, 3.63) is 58.8 Å². The molecule has 168 valence electrons. The Labute approximate surface area is 188 Å². The van der Waals surface area contributed by atoms with E-state index in [1.807, 2.05) is 16.9 Å². The number of anilines is 3. The molecular formula is C22H23N9O2. The number of aromatic nitrogens is 6. The minimum Gasteiger partial charge on any atom is -0.373 e. The number of nitrogens with zero attached hydrogens (tertiary/aromatic N) is 6. The van der Waals surface area contributed by atoms with Gasteiger partial charge in [0.1, 0.15) is 22.9 Å². The number of hydrogen-bond acceptors (Lipinski definition) is 7. The normalized spacial score (nSPS) is 15.5. The number of hydrogen-bond donors (Lipinski definition) is 3. The van der Waals surface area contributed by atoms with E-state index in [9.17, 15) is 9.59 Å². The quantitative estimate of drug-likeness (QED) is 0.398. The number of fused-ring (bicyclic) bond motifs is 1. The van der Waals surface area contributed by atoms with Crippen LogP contribution in [-0.2, 0) is 0 Å². The molecule has 1 amide bonds. The first-order chi connectivity index (χ1) is 16.1. The summed E-state index contributed by atoms with van der Waals surface area (Å²) in [5, 5.41) is 18.0. The molecule has 4 aromatic heterocycles. The summed E-state index contributed by atoms with van der Waals surface area (Å²) in [5.74, 6) is 1.43. The van der Waals surface area contributed by atoms with Crippen LogP contribution in [0.3, 0.4) is 0 Å². The summed E-state index contributed by atoms with van der Waals surface area (Å²) in [6, 6.07) is 7.71. The Hall–Kier alpha value is -4.15. The van der Waals surface area contributed by atoms with Crippen LogP contribution in [-0.4, -0.2) is 47.9 Å². The number of amides is 1. The van der Waals surface area contributed by atoms with Crippen LogP contribution in [0.25, 0.3) is 11.5 Å². The molecule has 0 aliphatic heterocycles. The zero-order chi connectivity index (χ0) is 22.5. The number of carbonyl (C=O) groups excluding carboxylic acids is 1. The van der Waals surface area contributed by atoms with Gasteiger partial charge >= 0.3 is 0 Å². The largest absolute Gasteiger partial charge is 0.373 e. The summed E-state index contributed by atoms with van der Waals surface area (Å²) < 4.78 is 4.98. The molecule has 0 unspecified atom stereocenters. The summed E-state index contributed by atoms with van der Waals surface area (Å²) in [5.41, 5.74) is 0.896. The Kier molecular flexibility index (Phi) is 4.42. The Bertz CT molecular complexity index is 1430. The maximum absolute atomic E-state index is 13.2. The first-order valence-electron chi connectivity index (χ1n) is 11.0. The molecule has 0 spiro atoms. The molecule has 2 fully saturated rings. The van der Waals surface area contributed by atoms with Crippen LogP contribution >= 0.6 is 0 Å². The van der Waals surface area contributed by atoms with Gasteiger partial charge in [0.2, 0.25) is 0 Å². The highest BCUT2D eigenvalue weighted by molar-refractivity contribution is 6.00. The van der Waals surface area contributed by atoms with Gasteiger partial charge in [-0.25, -0.2) is 4.98 Å². The Morgan fingerprint density at radius 1 is 1.15 bits per heavy atom. The van der Waals surface area contributed by atoms with Crippen LogP contribution in [0, 0.1) is 0 Å². The highest BCUT2D eigenvalue weighted by Gasteiger charge is 2.26. The first kappa shape index (κ1) is 19.5. The van der Waals surface area contributed by atoms with Crippen molar-refractivity contribution in [3.8, 4) is 5.82 Å². The lowest BCUT2D eigenvalue weighted by atomic mass is 10.3. The SMILES string of the molecule is CNc1cc(Nc2cccn(-c3ccn(C4CC4)n3)c2=O)nc2c(C(=O)NC3CC3)cnn12. The standard InChI is InChI=1S/C22H23N9O2/c1-23-19-11-17(27-20-15(12-24-31(19)20)21(32)25-13-4-5-13)26-16-3-2-9-29(22(16)33)18-8-10-30(28-18)14-6-7-14/h2-3,8-14,23H,4-7H2,1H3,(H,25,32)(H,26,27). The minimum absolute atomic E-state index is 0.201. The van der Waals surface area contributed by atoms with Crippen molar-refractivity contribution in [1.29, 1.82) is 0 Å². The van der Waals surface area contributed by atoms with E-state index < -0.39 is 0 Å². The number of carbonyl (C=O) groups is 1. The second-order valence-electron chi connectivity index (χ2n) is 8.43. The van der Waals surface area contributed by atoms with Gasteiger partial charge < -0.3 is 16.0 Å². The van der Waals surface area contributed by atoms with Gasteiger partial charge in [0.05, 0.1) is 12.2 Å². The van der Waals surface area contributed by atoms with Gasteiger partial charge in [0.25, 0.3) is 11.5 Å². The molecule has 4 aromatic rings. The fourth-order valence-corrected chi connectivity index (χ4v) is 3.76. The maximum atomic E-state index is 13.2. The fraction of sp³-hybridized carbons (Fsp3) is 0.318. The molecule has 0 radical (unpaired) electrons. The van der Waals surface area contributed by atoms with Crippen LogP contribution in [0.5, 0.6) is 0 Å². The first-order valence-corrected chi connectivity index (χ1v) is 11.0. The van der Waals surface area contributed by atoms with Crippen molar-refractivity contribution in [2.45, 2.75) is 37.8 Å². The topological polar surface area (TPSA) is 123 Å². The molecule has 0 atom stereocenters. The summed E-state index contributed by atoms with van der Waals surface area (Å²) in [6.07, 6.45) is 9.33. The molecule has 0 bridgehead atoms.